The van der Waals surface area contributed by atoms with Gasteiger partial charge in [0.25, 0.3) is 0 Å². The monoisotopic (exact) mass is 402 g/mol. The Labute approximate surface area is 166 Å². The average Bonchev–Trinajstić information content (AvgIpc) is 3.17. The summed E-state index contributed by atoms with van der Waals surface area (Å²) in [5.41, 5.74) is 3.37. The van der Waals surface area contributed by atoms with E-state index in [0.29, 0.717) is 6.54 Å². The van der Waals surface area contributed by atoms with Crippen molar-refractivity contribution in [3.05, 3.63) is 79.0 Å². The number of aromatic nitrogens is 2. The number of fused-ring (bicyclic) bond motifs is 1. The molecule has 1 aromatic carbocycles. The Morgan fingerprint density at radius 3 is 2.81 bits per heavy atom. The van der Waals surface area contributed by atoms with Gasteiger partial charge in [0.05, 0.1) is 6.54 Å². The van der Waals surface area contributed by atoms with Crippen LogP contribution in [0.4, 0.5) is 0 Å². The third-order valence-electron chi connectivity index (χ3n) is 4.67. The van der Waals surface area contributed by atoms with E-state index in [2.05, 4.69) is 11.1 Å². The molecule has 26 heavy (non-hydrogen) atoms. The molecule has 0 saturated heterocycles. The van der Waals surface area contributed by atoms with Crippen LogP contribution < -0.4 is 5.69 Å². The van der Waals surface area contributed by atoms with E-state index in [1.54, 1.807) is 23.1 Å². The summed E-state index contributed by atoms with van der Waals surface area (Å²) in [4.78, 5) is 18.4. The number of nitrogens with zero attached hydrogens (tertiary/aromatic N) is 2. The highest BCUT2D eigenvalue weighted by Crippen LogP contribution is 2.32. The summed E-state index contributed by atoms with van der Waals surface area (Å²) in [6.07, 6.45) is 4.25. The van der Waals surface area contributed by atoms with Gasteiger partial charge in [0.1, 0.15) is 5.03 Å². The number of hydrogen-bond donors (Lipinski definition) is 0. The Hall–Kier alpha value is -1.56. The molecule has 1 aliphatic rings. The van der Waals surface area contributed by atoms with Gasteiger partial charge in [0.15, 0.2) is 0 Å². The molecule has 3 aromatic rings. The number of benzene rings is 1. The zero-order valence-corrected chi connectivity index (χ0v) is 16.7. The van der Waals surface area contributed by atoms with E-state index in [1.807, 2.05) is 40.3 Å². The quantitative estimate of drug-likeness (QED) is 0.435. The van der Waals surface area contributed by atoms with Gasteiger partial charge in [0, 0.05) is 26.9 Å². The minimum Gasteiger partial charge on any atom is -0.291 e. The first-order valence-corrected chi connectivity index (χ1v) is 11.0. The standard InChI is InChI=1S/C20H19ClN2OS2/c21-17-9-3-1-6-14(17)13-26-19-16-8-2-4-10-18(16)23(20(24)22-19)12-15-7-5-11-25-15/h1,3,5-7,9,11H,2,4,8,10,12-13H2. The van der Waals surface area contributed by atoms with Gasteiger partial charge in [-0.15, -0.1) is 23.1 Å². The highest BCUT2D eigenvalue weighted by molar-refractivity contribution is 7.98. The minimum absolute atomic E-state index is 0.138. The van der Waals surface area contributed by atoms with Crippen LogP contribution in [0.5, 0.6) is 0 Å². The summed E-state index contributed by atoms with van der Waals surface area (Å²) in [6.45, 7) is 0.626. The molecule has 0 amide bonds. The lowest BCUT2D eigenvalue weighted by Crippen LogP contribution is -2.30. The van der Waals surface area contributed by atoms with Gasteiger partial charge < -0.3 is 0 Å². The Morgan fingerprint density at radius 1 is 1.15 bits per heavy atom. The molecule has 2 heterocycles. The Bertz CT molecular complexity index is 966. The number of thiophene rings is 1. The Kier molecular flexibility index (Phi) is 5.48. The molecule has 0 atom stereocenters. The van der Waals surface area contributed by atoms with Crippen molar-refractivity contribution in [1.82, 2.24) is 9.55 Å². The maximum atomic E-state index is 12.7. The second-order valence-electron chi connectivity index (χ2n) is 6.38. The van der Waals surface area contributed by atoms with Crippen LogP contribution in [0.3, 0.4) is 0 Å². The van der Waals surface area contributed by atoms with Crippen LogP contribution in [0.15, 0.2) is 51.6 Å². The fourth-order valence-electron chi connectivity index (χ4n) is 3.35. The van der Waals surface area contributed by atoms with Crippen LogP contribution >= 0.6 is 34.7 Å². The fraction of sp³-hybridized carbons (Fsp3) is 0.300. The van der Waals surface area contributed by atoms with Crippen molar-refractivity contribution in [3.63, 3.8) is 0 Å². The van der Waals surface area contributed by atoms with Gasteiger partial charge >= 0.3 is 5.69 Å². The van der Waals surface area contributed by atoms with Crippen LogP contribution in [0.1, 0.15) is 34.5 Å². The summed E-state index contributed by atoms with van der Waals surface area (Å²) in [7, 11) is 0. The zero-order chi connectivity index (χ0) is 17.9. The molecular formula is C20H19ClN2OS2. The number of halogens is 1. The molecule has 2 aromatic heterocycles. The second kappa shape index (κ2) is 7.99. The van der Waals surface area contributed by atoms with Crippen molar-refractivity contribution in [2.45, 2.75) is 43.0 Å². The Balaban J connectivity index is 1.66. The first-order valence-electron chi connectivity index (χ1n) is 8.73. The highest BCUT2D eigenvalue weighted by atomic mass is 35.5. The van der Waals surface area contributed by atoms with E-state index in [0.717, 1.165) is 47.0 Å². The molecule has 6 heteroatoms. The van der Waals surface area contributed by atoms with Crippen LogP contribution in [0.25, 0.3) is 0 Å². The number of rotatable bonds is 5. The van der Waals surface area contributed by atoms with Crippen LogP contribution in [0, 0.1) is 0 Å². The summed E-state index contributed by atoms with van der Waals surface area (Å²) in [6, 6.07) is 12.0. The van der Waals surface area contributed by atoms with Crippen molar-refractivity contribution in [3.8, 4) is 0 Å². The molecule has 1 aliphatic carbocycles. The number of thioether (sulfide) groups is 1. The minimum atomic E-state index is -0.138. The van der Waals surface area contributed by atoms with Crippen molar-refractivity contribution in [2.24, 2.45) is 0 Å². The van der Waals surface area contributed by atoms with Gasteiger partial charge in [0.2, 0.25) is 0 Å². The van der Waals surface area contributed by atoms with Crippen LogP contribution in [-0.4, -0.2) is 9.55 Å². The first kappa shape index (κ1) is 17.8. The van der Waals surface area contributed by atoms with Crippen LogP contribution in [0.2, 0.25) is 5.02 Å². The molecule has 4 rings (SSSR count). The lowest BCUT2D eigenvalue weighted by atomic mass is 9.97. The molecule has 0 aliphatic heterocycles. The van der Waals surface area contributed by atoms with Crippen LogP contribution in [-0.2, 0) is 25.1 Å². The van der Waals surface area contributed by atoms with Crippen molar-refractivity contribution in [1.29, 1.82) is 0 Å². The summed E-state index contributed by atoms with van der Waals surface area (Å²) < 4.78 is 1.87. The topological polar surface area (TPSA) is 34.9 Å². The predicted octanol–water partition coefficient (Wildman–Crippen LogP) is 5.18. The smallest absolute Gasteiger partial charge is 0.291 e. The lowest BCUT2D eigenvalue weighted by Gasteiger charge is -2.22. The van der Waals surface area contributed by atoms with E-state index < -0.39 is 0 Å². The molecule has 0 fully saturated rings. The van der Waals surface area contributed by atoms with Gasteiger partial charge in [-0.3, -0.25) is 4.57 Å². The summed E-state index contributed by atoms with van der Waals surface area (Å²) in [5, 5.41) is 3.69. The zero-order valence-electron chi connectivity index (χ0n) is 14.3. The SMILES string of the molecule is O=c1nc(SCc2ccccc2Cl)c2c(n1Cc1cccs1)CCCC2. The predicted molar refractivity (Wildman–Crippen MR) is 110 cm³/mol. The molecule has 0 spiro atoms. The third-order valence-corrected chi connectivity index (χ3v) is 6.96. The van der Waals surface area contributed by atoms with E-state index >= 15 is 0 Å². The molecule has 134 valence electrons. The van der Waals surface area contributed by atoms with E-state index in [9.17, 15) is 4.79 Å². The van der Waals surface area contributed by atoms with Gasteiger partial charge in [-0.1, -0.05) is 35.9 Å². The molecule has 3 nitrogen and oxygen atoms in total. The second-order valence-corrected chi connectivity index (χ2v) is 8.78. The molecule has 0 bridgehead atoms. The largest absolute Gasteiger partial charge is 0.349 e. The fourth-order valence-corrected chi connectivity index (χ4v) is 5.41. The molecular weight excluding hydrogens is 384 g/mol. The highest BCUT2D eigenvalue weighted by Gasteiger charge is 2.21. The summed E-state index contributed by atoms with van der Waals surface area (Å²) in [5.74, 6) is 0.730. The van der Waals surface area contributed by atoms with E-state index in [4.69, 9.17) is 11.6 Å². The maximum absolute atomic E-state index is 12.7. The van der Waals surface area contributed by atoms with Crippen molar-refractivity contribution in [2.75, 3.05) is 0 Å². The van der Waals surface area contributed by atoms with E-state index in [-0.39, 0.29) is 5.69 Å². The molecule has 0 unspecified atom stereocenters. The number of hydrogen-bond acceptors (Lipinski definition) is 4. The van der Waals surface area contributed by atoms with Gasteiger partial charge in [-0.25, -0.2) is 4.79 Å². The van der Waals surface area contributed by atoms with Gasteiger partial charge in [-0.2, -0.15) is 4.98 Å². The van der Waals surface area contributed by atoms with Crippen molar-refractivity contribution >= 4 is 34.7 Å². The lowest BCUT2D eigenvalue weighted by molar-refractivity contribution is 0.571. The first-order chi connectivity index (χ1) is 12.7. The Morgan fingerprint density at radius 2 is 2.00 bits per heavy atom. The average molecular weight is 403 g/mol. The molecule has 0 saturated carbocycles. The van der Waals surface area contributed by atoms with E-state index in [1.165, 1.54) is 16.1 Å². The normalized spacial score (nSPS) is 13.6. The molecule has 0 N–H and O–H groups in total. The molecule has 0 radical (unpaired) electrons. The van der Waals surface area contributed by atoms with Crippen molar-refractivity contribution < 1.29 is 0 Å². The summed E-state index contributed by atoms with van der Waals surface area (Å²) >= 11 is 9.58. The third kappa shape index (κ3) is 3.75. The van der Waals surface area contributed by atoms with Gasteiger partial charge in [-0.05, 0) is 48.8 Å². The maximum Gasteiger partial charge on any atom is 0.349 e.